The van der Waals surface area contributed by atoms with Gasteiger partial charge in [-0.1, -0.05) is 26.2 Å². The number of nitrogens with zero attached hydrogens (tertiary/aromatic N) is 3. The zero-order valence-corrected chi connectivity index (χ0v) is 14.0. The number of unbranched alkanes of at least 4 members (excludes halogenated alkanes) is 3. The summed E-state index contributed by atoms with van der Waals surface area (Å²) in [5, 5.41) is 3.58. The van der Waals surface area contributed by atoms with Gasteiger partial charge in [0.15, 0.2) is 0 Å². The van der Waals surface area contributed by atoms with E-state index in [-0.39, 0.29) is 0 Å². The standard InChI is InChI=1S/C16H36N4/c1-4-5-6-7-8-17-9-10-19-13-15-20(16-14-19)12-11-18(2)3/h17H,4-16H2,1-3H3. The maximum atomic E-state index is 3.58. The van der Waals surface area contributed by atoms with Gasteiger partial charge in [0.05, 0.1) is 0 Å². The lowest BCUT2D eigenvalue weighted by molar-refractivity contribution is 0.126. The second kappa shape index (κ2) is 11.5. The number of hydrogen-bond acceptors (Lipinski definition) is 4. The van der Waals surface area contributed by atoms with E-state index in [2.05, 4.69) is 41.0 Å². The van der Waals surface area contributed by atoms with Gasteiger partial charge in [-0.15, -0.1) is 0 Å². The molecule has 0 atom stereocenters. The van der Waals surface area contributed by atoms with E-state index in [1.807, 2.05) is 0 Å². The molecule has 20 heavy (non-hydrogen) atoms. The van der Waals surface area contributed by atoms with Gasteiger partial charge in [0, 0.05) is 52.4 Å². The molecule has 1 fully saturated rings. The van der Waals surface area contributed by atoms with Crippen LogP contribution in [0, 0.1) is 0 Å². The van der Waals surface area contributed by atoms with E-state index in [0.29, 0.717) is 0 Å². The molecule has 0 unspecified atom stereocenters. The van der Waals surface area contributed by atoms with Gasteiger partial charge in [-0.3, -0.25) is 9.80 Å². The van der Waals surface area contributed by atoms with Gasteiger partial charge >= 0.3 is 0 Å². The third-order valence-electron chi connectivity index (χ3n) is 4.14. The third-order valence-corrected chi connectivity index (χ3v) is 4.14. The van der Waals surface area contributed by atoms with E-state index in [0.717, 1.165) is 6.54 Å². The van der Waals surface area contributed by atoms with Crippen molar-refractivity contribution in [2.24, 2.45) is 0 Å². The Hall–Kier alpha value is -0.160. The second-order valence-corrected chi connectivity index (χ2v) is 6.30. The van der Waals surface area contributed by atoms with Crippen LogP contribution in [0.2, 0.25) is 0 Å². The van der Waals surface area contributed by atoms with Gasteiger partial charge in [-0.2, -0.15) is 0 Å². The minimum atomic E-state index is 1.16. The smallest absolute Gasteiger partial charge is 0.0110 e. The van der Waals surface area contributed by atoms with Gasteiger partial charge < -0.3 is 10.2 Å². The van der Waals surface area contributed by atoms with Crippen molar-refractivity contribution in [3.8, 4) is 0 Å². The first-order valence-corrected chi connectivity index (χ1v) is 8.52. The van der Waals surface area contributed by atoms with E-state index >= 15 is 0 Å². The quantitative estimate of drug-likeness (QED) is 0.578. The maximum Gasteiger partial charge on any atom is 0.0110 e. The molecule has 0 saturated carbocycles. The van der Waals surface area contributed by atoms with Gasteiger partial charge in [0.25, 0.3) is 0 Å². The van der Waals surface area contributed by atoms with E-state index in [1.54, 1.807) is 0 Å². The molecule has 0 bridgehead atoms. The van der Waals surface area contributed by atoms with E-state index in [9.17, 15) is 0 Å². The predicted octanol–water partition coefficient (Wildman–Crippen LogP) is 1.34. The second-order valence-electron chi connectivity index (χ2n) is 6.30. The molecule has 0 aromatic carbocycles. The van der Waals surface area contributed by atoms with Gasteiger partial charge in [-0.05, 0) is 27.1 Å². The van der Waals surface area contributed by atoms with Crippen molar-refractivity contribution < 1.29 is 0 Å². The van der Waals surface area contributed by atoms with Crippen LogP contribution < -0.4 is 5.32 Å². The predicted molar refractivity (Wildman–Crippen MR) is 88.4 cm³/mol. The fraction of sp³-hybridized carbons (Fsp3) is 1.00. The zero-order chi connectivity index (χ0) is 14.6. The zero-order valence-electron chi connectivity index (χ0n) is 14.0. The molecular weight excluding hydrogens is 248 g/mol. The Morgan fingerprint density at radius 3 is 2.10 bits per heavy atom. The summed E-state index contributed by atoms with van der Waals surface area (Å²) in [6.45, 7) is 13.2. The number of piperazine rings is 1. The van der Waals surface area contributed by atoms with E-state index in [4.69, 9.17) is 0 Å². The molecule has 0 amide bonds. The molecule has 0 aliphatic carbocycles. The summed E-state index contributed by atoms with van der Waals surface area (Å²) >= 11 is 0. The van der Waals surface area contributed by atoms with Crippen LogP contribution >= 0.6 is 0 Å². The van der Waals surface area contributed by atoms with Crippen LogP contribution in [0.3, 0.4) is 0 Å². The molecule has 0 aromatic rings. The number of rotatable bonds is 11. The van der Waals surface area contributed by atoms with Gasteiger partial charge in [0.2, 0.25) is 0 Å². The molecule has 4 heteroatoms. The Bertz CT molecular complexity index is 213. The van der Waals surface area contributed by atoms with Crippen LogP contribution in [0.5, 0.6) is 0 Å². The Labute approximate surface area is 126 Å². The average molecular weight is 284 g/mol. The SMILES string of the molecule is CCCCCCNCCN1CCN(CCN(C)C)CC1. The van der Waals surface area contributed by atoms with E-state index < -0.39 is 0 Å². The topological polar surface area (TPSA) is 21.8 Å². The molecule has 1 heterocycles. The highest BCUT2D eigenvalue weighted by atomic mass is 15.3. The fourth-order valence-electron chi connectivity index (χ4n) is 2.62. The van der Waals surface area contributed by atoms with E-state index in [1.165, 1.54) is 78.0 Å². The summed E-state index contributed by atoms with van der Waals surface area (Å²) in [7, 11) is 4.31. The van der Waals surface area contributed by atoms with Crippen LogP contribution in [0.4, 0.5) is 0 Å². The lowest BCUT2D eigenvalue weighted by Crippen LogP contribution is -2.49. The molecular formula is C16H36N4. The Kier molecular flexibility index (Phi) is 10.3. The van der Waals surface area contributed by atoms with Crippen molar-refractivity contribution in [3.63, 3.8) is 0 Å². The minimum Gasteiger partial charge on any atom is -0.315 e. The Morgan fingerprint density at radius 2 is 1.50 bits per heavy atom. The molecule has 1 N–H and O–H groups in total. The van der Waals surface area contributed by atoms with Crippen molar-refractivity contribution in [2.75, 3.05) is 73.0 Å². The van der Waals surface area contributed by atoms with Crippen LogP contribution in [0.1, 0.15) is 32.6 Å². The summed E-state index contributed by atoms with van der Waals surface area (Å²) in [5.41, 5.74) is 0. The summed E-state index contributed by atoms with van der Waals surface area (Å²) in [4.78, 5) is 7.47. The first-order chi connectivity index (χ1) is 9.72. The molecule has 1 aliphatic rings. The molecule has 120 valence electrons. The minimum absolute atomic E-state index is 1.16. The normalized spacial score (nSPS) is 18.0. The third kappa shape index (κ3) is 8.90. The average Bonchev–Trinajstić information content (AvgIpc) is 2.45. The van der Waals surface area contributed by atoms with Crippen molar-refractivity contribution in [3.05, 3.63) is 0 Å². The lowest BCUT2D eigenvalue weighted by atomic mass is 10.2. The largest absolute Gasteiger partial charge is 0.315 e. The highest BCUT2D eigenvalue weighted by Gasteiger charge is 2.15. The molecule has 0 radical (unpaired) electrons. The van der Waals surface area contributed by atoms with Crippen molar-refractivity contribution in [1.29, 1.82) is 0 Å². The van der Waals surface area contributed by atoms with Crippen LogP contribution in [0.25, 0.3) is 0 Å². The summed E-state index contributed by atoms with van der Waals surface area (Å²) in [6.07, 6.45) is 5.44. The number of likely N-dealkylation sites (N-methyl/N-ethyl adjacent to an activating group) is 1. The molecule has 1 rings (SSSR count). The van der Waals surface area contributed by atoms with Crippen molar-refractivity contribution >= 4 is 0 Å². The monoisotopic (exact) mass is 284 g/mol. The highest BCUT2D eigenvalue weighted by molar-refractivity contribution is 4.72. The van der Waals surface area contributed by atoms with Crippen LogP contribution in [-0.2, 0) is 0 Å². The van der Waals surface area contributed by atoms with Gasteiger partial charge in [-0.25, -0.2) is 0 Å². The van der Waals surface area contributed by atoms with Gasteiger partial charge in [0.1, 0.15) is 0 Å². The van der Waals surface area contributed by atoms with Crippen LogP contribution in [-0.4, -0.2) is 87.7 Å². The maximum absolute atomic E-state index is 3.58. The molecule has 0 aromatic heterocycles. The molecule has 4 nitrogen and oxygen atoms in total. The molecule has 0 spiro atoms. The van der Waals surface area contributed by atoms with Crippen molar-refractivity contribution in [2.45, 2.75) is 32.6 Å². The number of hydrogen-bond donors (Lipinski definition) is 1. The first-order valence-electron chi connectivity index (χ1n) is 8.52. The molecule has 1 aliphatic heterocycles. The van der Waals surface area contributed by atoms with Crippen molar-refractivity contribution in [1.82, 2.24) is 20.0 Å². The summed E-state index contributed by atoms with van der Waals surface area (Å²) in [5.74, 6) is 0. The molecule has 1 saturated heterocycles. The first kappa shape index (κ1) is 17.9. The lowest BCUT2D eigenvalue weighted by Gasteiger charge is -2.35. The Morgan fingerprint density at radius 1 is 0.850 bits per heavy atom. The number of nitrogens with one attached hydrogen (secondary N) is 1. The summed E-state index contributed by atoms with van der Waals surface area (Å²) < 4.78 is 0. The summed E-state index contributed by atoms with van der Waals surface area (Å²) in [6, 6.07) is 0. The fourth-order valence-corrected chi connectivity index (χ4v) is 2.62. The van der Waals surface area contributed by atoms with Crippen LogP contribution in [0.15, 0.2) is 0 Å². The Balaban J connectivity index is 1.92. The highest BCUT2D eigenvalue weighted by Crippen LogP contribution is 2.01.